The van der Waals surface area contributed by atoms with Crippen LogP contribution >= 0.6 is 0 Å². The number of amides is 1. The van der Waals surface area contributed by atoms with Crippen molar-refractivity contribution in [3.05, 3.63) is 17.8 Å². The molecule has 6 nitrogen and oxygen atoms in total. The summed E-state index contributed by atoms with van der Waals surface area (Å²) in [4.78, 5) is 17.9. The molecular formula is C13H17N5O. The van der Waals surface area contributed by atoms with Crippen LogP contribution in [-0.2, 0) is 4.79 Å². The van der Waals surface area contributed by atoms with Gasteiger partial charge >= 0.3 is 0 Å². The molecular weight excluding hydrogens is 242 g/mol. The molecule has 0 saturated carbocycles. The highest BCUT2D eigenvalue weighted by molar-refractivity contribution is 5.82. The van der Waals surface area contributed by atoms with Gasteiger partial charge in [-0.05, 0) is 25.3 Å². The van der Waals surface area contributed by atoms with Crippen LogP contribution in [0, 0.1) is 11.3 Å². The number of hydrogen-bond donors (Lipinski definition) is 2. The first-order valence-electron chi connectivity index (χ1n) is 6.38. The molecule has 0 spiro atoms. The number of aromatic nitrogens is 1. The van der Waals surface area contributed by atoms with Gasteiger partial charge < -0.3 is 16.0 Å². The fourth-order valence-electron chi connectivity index (χ4n) is 2.13. The van der Waals surface area contributed by atoms with Gasteiger partial charge in [0.1, 0.15) is 6.07 Å². The lowest BCUT2D eigenvalue weighted by Crippen LogP contribution is -2.39. The Kier molecular flexibility index (Phi) is 4.18. The maximum absolute atomic E-state index is 12.0. The molecule has 1 aliphatic rings. The minimum Gasteiger partial charge on any atom is -0.395 e. The molecule has 3 N–H and O–H groups in total. The number of nitrogen functional groups attached to an aromatic ring is 1. The molecule has 0 aromatic carbocycles. The Morgan fingerprint density at radius 1 is 1.47 bits per heavy atom. The first kappa shape index (κ1) is 13.1. The molecule has 1 fully saturated rings. The number of piperidine rings is 1. The standard InChI is InChI=1S/C13H17N5O/c14-8-10-4-5-16-13(12(10)15)17-9-11(19)18-6-2-1-3-7-18/h4-5H,1-3,6-7,9,15H2,(H,16,17). The largest absolute Gasteiger partial charge is 0.395 e. The summed E-state index contributed by atoms with van der Waals surface area (Å²) in [6, 6.07) is 3.53. The summed E-state index contributed by atoms with van der Waals surface area (Å²) in [5, 5.41) is 11.8. The molecule has 0 radical (unpaired) electrons. The topological polar surface area (TPSA) is 95.0 Å². The molecule has 0 atom stereocenters. The van der Waals surface area contributed by atoms with Gasteiger partial charge in [-0.2, -0.15) is 5.26 Å². The third kappa shape index (κ3) is 3.13. The second-order valence-corrected chi connectivity index (χ2v) is 4.53. The summed E-state index contributed by atoms with van der Waals surface area (Å²) in [5.41, 5.74) is 6.44. The van der Waals surface area contributed by atoms with Gasteiger partial charge in [-0.1, -0.05) is 0 Å². The number of likely N-dealkylation sites (tertiary alicyclic amines) is 1. The molecule has 100 valence electrons. The zero-order chi connectivity index (χ0) is 13.7. The van der Waals surface area contributed by atoms with Crippen molar-refractivity contribution in [1.82, 2.24) is 9.88 Å². The SMILES string of the molecule is N#Cc1ccnc(NCC(=O)N2CCCCC2)c1N. The van der Waals surface area contributed by atoms with E-state index in [1.54, 1.807) is 6.07 Å². The predicted molar refractivity (Wildman–Crippen MR) is 72.3 cm³/mol. The van der Waals surface area contributed by atoms with Crippen molar-refractivity contribution in [2.24, 2.45) is 0 Å². The van der Waals surface area contributed by atoms with Crippen LogP contribution in [0.2, 0.25) is 0 Å². The second kappa shape index (κ2) is 6.05. The minimum atomic E-state index is 0.0447. The van der Waals surface area contributed by atoms with E-state index in [1.807, 2.05) is 11.0 Å². The zero-order valence-electron chi connectivity index (χ0n) is 10.7. The number of pyridine rings is 1. The molecule has 1 aromatic rings. The van der Waals surface area contributed by atoms with Gasteiger partial charge in [-0.15, -0.1) is 0 Å². The lowest BCUT2D eigenvalue weighted by Gasteiger charge is -2.26. The average molecular weight is 259 g/mol. The van der Waals surface area contributed by atoms with Crippen molar-refractivity contribution in [2.75, 3.05) is 30.7 Å². The molecule has 0 aliphatic carbocycles. The Balaban J connectivity index is 1.95. The van der Waals surface area contributed by atoms with Gasteiger partial charge in [0.15, 0.2) is 5.82 Å². The van der Waals surface area contributed by atoms with Crippen molar-refractivity contribution in [3.63, 3.8) is 0 Å². The molecule has 1 amide bonds. The van der Waals surface area contributed by atoms with E-state index in [-0.39, 0.29) is 18.1 Å². The van der Waals surface area contributed by atoms with Gasteiger partial charge in [-0.3, -0.25) is 4.79 Å². The first-order chi connectivity index (χ1) is 9.22. The van der Waals surface area contributed by atoms with Crippen LogP contribution in [0.4, 0.5) is 11.5 Å². The van der Waals surface area contributed by atoms with Crippen LogP contribution in [0.5, 0.6) is 0 Å². The maximum Gasteiger partial charge on any atom is 0.241 e. The Bertz CT molecular complexity index is 502. The van der Waals surface area contributed by atoms with Crippen molar-refractivity contribution >= 4 is 17.4 Å². The monoisotopic (exact) mass is 259 g/mol. The molecule has 2 rings (SSSR count). The van der Waals surface area contributed by atoms with Crippen LogP contribution < -0.4 is 11.1 Å². The van der Waals surface area contributed by atoms with E-state index in [4.69, 9.17) is 11.0 Å². The van der Waals surface area contributed by atoms with E-state index in [0.29, 0.717) is 11.4 Å². The van der Waals surface area contributed by atoms with Gasteiger partial charge in [0.25, 0.3) is 0 Å². The van der Waals surface area contributed by atoms with Crippen LogP contribution in [0.25, 0.3) is 0 Å². The molecule has 6 heteroatoms. The highest BCUT2D eigenvalue weighted by Crippen LogP contribution is 2.18. The molecule has 2 heterocycles. The van der Waals surface area contributed by atoms with E-state index in [9.17, 15) is 4.79 Å². The summed E-state index contributed by atoms with van der Waals surface area (Å²) in [5.74, 6) is 0.438. The highest BCUT2D eigenvalue weighted by atomic mass is 16.2. The summed E-state index contributed by atoms with van der Waals surface area (Å²) in [6.07, 6.45) is 4.82. The number of rotatable bonds is 3. The third-order valence-corrected chi connectivity index (χ3v) is 3.23. The smallest absolute Gasteiger partial charge is 0.241 e. The molecule has 1 aromatic heterocycles. The molecule has 19 heavy (non-hydrogen) atoms. The Labute approximate surface area is 112 Å². The number of hydrogen-bond acceptors (Lipinski definition) is 5. The summed E-state index contributed by atoms with van der Waals surface area (Å²) < 4.78 is 0. The van der Waals surface area contributed by atoms with E-state index in [1.165, 1.54) is 12.6 Å². The molecule has 0 bridgehead atoms. The molecule has 1 aliphatic heterocycles. The Hall–Kier alpha value is -2.29. The fraction of sp³-hybridized carbons (Fsp3) is 0.462. The third-order valence-electron chi connectivity index (χ3n) is 3.23. The average Bonchev–Trinajstić information content (AvgIpc) is 2.47. The number of nitriles is 1. The number of nitrogens with two attached hydrogens (primary N) is 1. The number of carbonyl (C=O) groups is 1. The second-order valence-electron chi connectivity index (χ2n) is 4.53. The van der Waals surface area contributed by atoms with Gasteiger partial charge in [0.05, 0.1) is 17.8 Å². The zero-order valence-corrected chi connectivity index (χ0v) is 10.7. The summed E-state index contributed by atoms with van der Waals surface area (Å²) in [6.45, 7) is 1.80. The Morgan fingerprint density at radius 2 is 2.21 bits per heavy atom. The summed E-state index contributed by atoms with van der Waals surface area (Å²) >= 11 is 0. The minimum absolute atomic E-state index is 0.0447. The van der Waals surface area contributed by atoms with Crippen molar-refractivity contribution in [3.8, 4) is 6.07 Å². The van der Waals surface area contributed by atoms with Gasteiger partial charge in [0.2, 0.25) is 5.91 Å². The van der Waals surface area contributed by atoms with E-state index < -0.39 is 0 Å². The van der Waals surface area contributed by atoms with E-state index in [2.05, 4.69) is 10.3 Å². The number of anilines is 2. The maximum atomic E-state index is 12.0. The highest BCUT2D eigenvalue weighted by Gasteiger charge is 2.16. The van der Waals surface area contributed by atoms with E-state index in [0.717, 1.165) is 25.9 Å². The lowest BCUT2D eigenvalue weighted by atomic mass is 10.1. The van der Waals surface area contributed by atoms with Crippen LogP contribution in [0.1, 0.15) is 24.8 Å². The van der Waals surface area contributed by atoms with Crippen LogP contribution in [-0.4, -0.2) is 35.4 Å². The van der Waals surface area contributed by atoms with Crippen LogP contribution in [0.15, 0.2) is 12.3 Å². The first-order valence-corrected chi connectivity index (χ1v) is 6.38. The normalized spacial score (nSPS) is 14.8. The Morgan fingerprint density at radius 3 is 2.89 bits per heavy atom. The number of nitrogens with one attached hydrogen (secondary N) is 1. The van der Waals surface area contributed by atoms with Crippen molar-refractivity contribution in [1.29, 1.82) is 5.26 Å². The molecule has 1 saturated heterocycles. The van der Waals surface area contributed by atoms with Crippen molar-refractivity contribution in [2.45, 2.75) is 19.3 Å². The van der Waals surface area contributed by atoms with Crippen molar-refractivity contribution < 1.29 is 4.79 Å². The number of nitrogens with zero attached hydrogens (tertiary/aromatic N) is 3. The lowest BCUT2D eigenvalue weighted by molar-refractivity contribution is -0.130. The summed E-state index contributed by atoms with van der Waals surface area (Å²) in [7, 11) is 0. The quantitative estimate of drug-likeness (QED) is 0.843. The van der Waals surface area contributed by atoms with Crippen LogP contribution in [0.3, 0.4) is 0 Å². The van der Waals surface area contributed by atoms with Gasteiger partial charge in [-0.25, -0.2) is 4.98 Å². The molecule has 0 unspecified atom stereocenters. The van der Waals surface area contributed by atoms with E-state index >= 15 is 0 Å². The predicted octanol–water partition coefficient (Wildman–Crippen LogP) is 0.960. The fourth-order valence-corrected chi connectivity index (χ4v) is 2.13. The number of carbonyl (C=O) groups excluding carboxylic acids is 1. The van der Waals surface area contributed by atoms with Gasteiger partial charge in [0, 0.05) is 19.3 Å².